The van der Waals surface area contributed by atoms with Crippen LogP contribution >= 0.6 is 0 Å². The number of hydrazone groups is 1. The molecule has 1 heterocycles. The van der Waals surface area contributed by atoms with Crippen LogP contribution in [0.5, 0.6) is 0 Å². The maximum Gasteiger partial charge on any atom is 0.427 e. The van der Waals surface area contributed by atoms with E-state index in [-0.39, 0.29) is 5.56 Å². The molecule has 1 amide bonds. The molecule has 0 unspecified atom stereocenters. The Balaban J connectivity index is 2.14. The average molecular weight is 288 g/mol. The van der Waals surface area contributed by atoms with Crippen LogP contribution in [-0.2, 0) is 4.74 Å². The van der Waals surface area contributed by atoms with Gasteiger partial charge in [-0.25, -0.2) is 15.0 Å². The van der Waals surface area contributed by atoms with Gasteiger partial charge in [0.25, 0.3) is 0 Å². The van der Waals surface area contributed by atoms with Crippen molar-refractivity contribution >= 4 is 18.3 Å². The van der Waals surface area contributed by atoms with Crippen LogP contribution in [0.4, 0.5) is 4.79 Å². The van der Waals surface area contributed by atoms with Gasteiger partial charge in [0.05, 0.1) is 18.9 Å². The molecule has 0 radical (unpaired) electrons. The van der Waals surface area contributed by atoms with Crippen LogP contribution in [0, 0.1) is 0 Å². The SMILES string of the molecule is COC(=O)N/N=C/c1ccc(-c2cccc(C(=O)O)c2)o1. The minimum absolute atomic E-state index is 0.173. The largest absolute Gasteiger partial charge is 0.478 e. The van der Waals surface area contributed by atoms with Crippen LogP contribution in [0.25, 0.3) is 11.3 Å². The van der Waals surface area contributed by atoms with E-state index in [0.29, 0.717) is 17.1 Å². The van der Waals surface area contributed by atoms with Crippen molar-refractivity contribution in [2.45, 2.75) is 0 Å². The first-order valence-corrected chi connectivity index (χ1v) is 5.91. The van der Waals surface area contributed by atoms with Crippen molar-refractivity contribution < 1.29 is 23.8 Å². The molecule has 0 saturated carbocycles. The van der Waals surface area contributed by atoms with E-state index in [1.807, 2.05) is 0 Å². The zero-order valence-electron chi connectivity index (χ0n) is 11.1. The quantitative estimate of drug-likeness (QED) is 0.664. The lowest BCUT2D eigenvalue weighted by molar-refractivity contribution is 0.0697. The monoisotopic (exact) mass is 288 g/mol. The number of rotatable bonds is 4. The summed E-state index contributed by atoms with van der Waals surface area (Å²) in [5.41, 5.74) is 2.93. The zero-order valence-corrected chi connectivity index (χ0v) is 11.1. The molecule has 0 aliphatic rings. The molecule has 2 N–H and O–H groups in total. The highest BCUT2D eigenvalue weighted by atomic mass is 16.5. The Morgan fingerprint density at radius 3 is 2.86 bits per heavy atom. The summed E-state index contributed by atoms with van der Waals surface area (Å²) in [7, 11) is 1.23. The van der Waals surface area contributed by atoms with Crippen LogP contribution < -0.4 is 5.43 Å². The van der Waals surface area contributed by atoms with E-state index < -0.39 is 12.1 Å². The average Bonchev–Trinajstić information content (AvgIpc) is 2.96. The van der Waals surface area contributed by atoms with Gasteiger partial charge in [-0.1, -0.05) is 12.1 Å². The lowest BCUT2D eigenvalue weighted by Gasteiger charge is -1.99. The van der Waals surface area contributed by atoms with Crippen molar-refractivity contribution in [3.63, 3.8) is 0 Å². The number of benzene rings is 1. The third-order valence-electron chi connectivity index (χ3n) is 2.55. The molecule has 7 heteroatoms. The van der Waals surface area contributed by atoms with Crippen molar-refractivity contribution in [2.75, 3.05) is 7.11 Å². The summed E-state index contributed by atoms with van der Waals surface area (Å²) in [4.78, 5) is 21.7. The molecule has 0 aliphatic heterocycles. The molecule has 21 heavy (non-hydrogen) atoms. The summed E-state index contributed by atoms with van der Waals surface area (Å²) in [5, 5.41) is 12.6. The number of amides is 1. The lowest BCUT2D eigenvalue weighted by Crippen LogP contribution is -2.16. The van der Waals surface area contributed by atoms with Crippen molar-refractivity contribution in [2.24, 2.45) is 5.10 Å². The fourth-order valence-corrected chi connectivity index (χ4v) is 1.58. The second-order valence-corrected chi connectivity index (χ2v) is 3.95. The van der Waals surface area contributed by atoms with E-state index in [0.717, 1.165) is 0 Å². The molecule has 1 aromatic heterocycles. The maximum atomic E-state index is 10.9. The summed E-state index contributed by atoms with van der Waals surface area (Å²) in [6.45, 7) is 0. The van der Waals surface area contributed by atoms with Crippen molar-refractivity contribution in [3.05, 3.63) is 47.7 Å². The van der Waals surface area contributed by atoms with Gasteiger partial charge >= 0.3 is 12.1 Å². The maximum absolute atomic E-state index is 10.9. The number of carboxylic acids is 1. The van der Waals surface area contributed by atoms with Gasteiger partial charge in [-0.3, -0.25) is 0 Å². The topological polar surface area (TPSA) is 101 Å². The molecular formula is C14H12N2O5. The Morgan fingerprint density at radius 1 is 1.33 bits per heavy atom. The van der Waals surface area contributed by atoms with Gasteiger partial charge in [0, 0.05) is 5.56 Å². The van der Waals surface area contributed by atoms with Gasteiger partial charge in [0.2, 0.25) is 0 Å². The first kappa shape index (κ1) is 14.3. The second kappa shape index (κ2) is 6.38. The van der Waals surface area contributed by atoms with Crippen molar-refractivity contribution in [1.82, 2.24) is 5.43 Å². The highest BCUT2D eigenvalue weighted by Crippen LogP contribution is 2.22. The lowest BCUT2D eigenvalue weighted by atomic mass is 10.1. The number of nitrogens with zero attached hydrogens (tertiary/aromatic N) is 1. The first-order chi connectivity index (χ1) is 10.1. The molecular weight excluding hydrogens is 276 g/mol. The van der Waals surface area contributed by atoms with Gasteiger partial charge < -0.3 is 14.3 Å². The van der Waals surface area contributed by atoms with Gasteiger partial charge in [-0.2, -0.15) is 5.10 Å². The van der Waals surface area contributed by atoms with Gasteiger partial charge in [-0.05, 0) is 24.3 Å². The van der Waals surface area contributed by atoms with Crippen LogP contribution in [0.1, 0.15) is 16.1 Å². The molecule has 0 saturated heterocycles. The Bertz CT molecular complexity index is 690. The van der Waals surface area contributed by atoms with E-state index in [4.69, 9.17) is 9.52 Å². The van der Waals surface area contributed by atoms with E-state index in [1.165, 1.54) is 25.5 Å². The van der Waals surface area contributed by atoms with E-state index in [9.17, 15) is 9.59 Å². The minimum atomic E-state index is -1.01. The molecule has 108 valence electrons. The normalized spacial score (nSPS) is 10.5. The Hall–Kier alpha value is -3.09. The smallest absolute Gasteiger partial charge is 0.427 e. The molecule has 0 spiro atoms. The molecule has 0 fully saturated rings. The highest BCUT2D eigenvalue weighted by Gasteiger charge is 2.07. The summed E-state index contributed by atoms with van der Waals surface area (Å²) < 4.78 is 9.83. The Labute approximate surface area is 119 Å². The third kappa shape index (κ3) is 3.69. The van der Waals surface area contributed by atoms with Gasteiger partial charge in [0.1, 0.15) is 11.5 Å². The van der Waals surface area contributed by atoms with E-state index >= 15 is 0 Å². The van der Waals surface area contributed by atoms with Crippen LogP contribution in [0.2, 0.25) is 0 Å². The predicted octanol–water partition coefficient (Wildman–Crippen LogP) is 2.33. The van der Waals surface area contributed by atoms with Crippen LogP contribution in [0.3, 0.4) is 0 Å². The van der Waals surface area contributed by atoms with Crippen molar-refractivity contribution in [1.29, 1.82) is 0 Å². The predicted molar refractivity (Wildman–Crippen MR) is 74.2 cm³/mol. The molecule has 2 rings (SSSR count). The zero-order chi connectivity index (χ0) is 15.2. The summed E-state index contributed by atoms with van der Waals surface area (Å²) >= 11 is 0. The highest BCUT2D eigenvalue weighted by molar-refractivity contribution is 5.89. The van der Waals surface area contributed by atoms with Crippen molar-refractivity contribution in [3.8, 4) is 11.3 Å². The number of hydrogen-bond donors (Lipinski definition) is 2. The standard InChI is InChI=1S/C14H12N2O5/c1-20-14(19)16-15-8-11-5-6-12(21-11)9-3-2-4-10(7-9)13(17)18/h2-8H,1H3,(H,16,19)(H,17,18)/b15-8+. The van der Waals surface area contributed by atoms with Crippen LogP contribution in [-0.4, -0.2) is 30.5 Å². The summed E-state index contributed by atoms with van der Waals surface area (Å²) in [6.07, 6.45) is 0.619. The molecule has 0 atom stereocenters. The number of hydrogen-bond acceptors (Lipinski definition) is 5. The number of methoxy groups -OCH3 is 1. The number of carboxylic acid groups (broad SMARTS) is 1. The Morgan fingerprint density at radius 2 is 2.14 bits per heavy atom. The number of aromatic carboxylic acids is 1. The van der Waals surface area contributed by atoms with E-state index in [1.54, 1.807) is 24.3 Å². The van der Waals surface area contributed by atoms with Gasteiger partial charge in [-0.15, -0.1) is 0 Å². The minimum Gasteiger partial charge on any atom is -0.478 e. The third-order valence-corrected chi connectivity index (χ3v) is 2.55. The fraction of sp³-hybridized carbons (Fsp3) is 0.0714. The first-order valence-electron chi connectivity index (χ1n) is 5.91. The molecule has 0 aliphatic carbocycles. The number of ether oxygens (including phenoxy) is 1. The number of carbonyl (C=O) groups is 2. The number of nitrogens with one attached hydrogen (secondary N) is 1. The van der Waals surface area contributed by atoms with E-state index in [2.05, 4.69) is 15.3 Å². The molecule has 2 aromatic rings. The number of furan rings is 1. The van der Waals surface area contributed by atoms with Crippen LogP contribution in [0.15, 0.2) is 45.9 Å². The number of carbonyl (C=O) groups excluding carboxylic acids is 1. The summed E-state index contributed by atoms with van der Waals surface area (Å²) in [5.74, 6) is -0.104. The molecule has 0 bridgehead atoms. The summed E-state index contributed by atoms with van der Waals surface area (Å²) in [6, 6.07) is 9.70. The molecule has 1 aromatic carbocycles. The fourth-order valence-electron chi connectivity index (χ4n) is 1.58. The van der Waals surface area contributed by atoms with Gasteiger partial charge in [0.15, 0.2) is 0 Å². The molecule has 7 nitrogen and oxygen atoms in total. The second-order valence-electron chi connectivity index (χ2n) is 3.95. The Kier molecular flexibility index (Phi) is 4.35.